The van der Waals surface area contributed by atoms with E-state index in [1.807, 2.05) is 0 Å². The molecule has 1 heterocycles. The van der Waals surface area contributed by atoms with Crippen LogP contribution in [0, 0.1) is 5.41 Å². The molecule has 1 amide bonds. The first kappa shape index (κ1) is 15.1. The van der Waals surface area contributed by atoms with Gasteiger partial charge in [-0.05, 0) is 5.41 Å². The van der Waals surface area contributed by atoms with Gasteiger partial charge >= 0.3 is 5.97 Å². The maximum absolute atomic E-state index is 12.1. The SMILES string of the molecule is C=CC[C@@]1(C(=O)OC)CS[C@H](C(C)(C)C)N1C=O. The molecular weight excluding hydrogens is 250 g/mol. The van der Waals surface area contributed by atoms with Crippen molar-refractivity contribution in [1.82, 2.24) is 4.90 Å². The zero-order chi connectivity index (χ0) is 14.0. The van der Waals surface area contributed by atoms with Crippen LogP contribution in [0.4, 0.5) is 0 Å². The molecule has 0 radical (unpaired) electrons. The Balaban J connectivity index is 3.17. The molecular formula is C13H21NO3S. The van der Waals surface area contributed by atoms with Crippen LogP contribution in [0.1, 0.15) is 27.2 Å². The molecule has 0 aromatic heterocycles. The van der Waals surface area contributed by atoms with Crippen molar-refractivity contribution in [1.29, 1.82) is 0 Å². The average molecular weight is 271 g/mol. The summed E-state index contributed by atoms with van der Waals surface area (Å²) in [5.41, 5.74) is -0.997. The van der Waals surface area contributed by atoms with E-state index in [1.165, 1.54) is 7.11 Å². The van der Waals surface area contributed by atoms with Crippen molar-refractivity contribution in [3.05, 3.63) is 12.7 Å². The molecule has 1 saturated heterocycles. The predicted molar refractivity (Wildman–Crippen MR) is 73.2 cm³/mol. The minimum absolute atomic E-state index is 0.0333. The number of hydrogen-bond donors (Lipinski definition) is 0. The van der Waals surface area contributed by atoms with Gasteiger partial charge in [0.05, 0.1) is 12.5 Å². The second-order valence-corrected chi connectivity index (χ2v) is 6.63. The summed E-state index contributed by atoms with van der Waals surface area (Å²) in [4.78, 5) is 25.1. The highest BCUT2D eigenvalue weighted by molar-refractivity contribution is 8.00. The van der Waals surface area contributed by atoms with Gasteiger partial charge < -0.3 is 9.64 Å². The number of hydrogen-bond acceptors (Lipinski definition) is 4. The van der Waals surface area contributed by atoms with Gasteiger partial charge in [0.15, 0.2) is 5.54 Å². The van der Waals surface area contributed by atoms with Crippen molar-refractivity contribution in [3.8, 4) is 0 Å². The van der Waals surface area contributed by atoms with Gasteiger partial charge in [0.1, 0.15) is 0 Å². The van der Waals surface area contributed by atoms with Gasteiger partial charge in [-0.1, -0.05) is 26.8 Å². The smallest absolute Gasteiger partial charge is 0.333 e. The van der Waals surface area contributed by atoms with Gasteiger partial charge in [-0.15, -0.1) is 18.3 Å². The van der Waals surface area contributed by atoms with Gasteiger partial charge in [0.25, 0.3) is 0 Å². The van der Waals surface area contributed by atoms with Crippen molar-refractivity contribution in [3.63, 3.8) is 0 Å². The van der Waals surface area contributed by atoms with Gasteiger partial charge in [-0.25, -0.2) is 4.79 Å². The van der Waals surface area contributed by atoms with E-state index >= 15 is 0 Å². The van der Waals surface area contributed by atoms with E-state index in [9.17, 15) is 9.59 Å². The fraction of sp³-hybridized carbons (Fsp3) is 0.692. The van der Waals surface area contributed by atoms with E-state index in [-0.39, 0.29) is 16.8 Å². The molecule has 102 valence electrons. The summed E-state index contributed by atoms with van der Waals surface area (Å²) in [5, 5.41) is -0.0333. The molecule has 0 aromatic rings. The van der Waals surface area contributed by atoms with Crippen LogP contribution in [-0.2, 0) is 14.3 Å². The van der Waals surface area contributed by atoms with Crippen LogP contribution in [0.2, 0.25) is 0 Å². The Morgan fingerprint density at radius 3 is 2.61 bits per heavy atom. The number of thioether (sulfide) groups is 1. The van der Waals surface area contributed by atoms with E-state index in [4.69, 9.17) is 4.74 Å². The predicted octanol–water partition coefficient (Wildman–Crippen LogP) is 2.05. The van der Waals surface area contributed by atoms with Gasteiger partial charge in [-0.2, -0.15) is 0 Å². The molecule has 0 bridgehead atoms. The number of carbonyl (C=O) groups excluding carboxylic acids is 2. The van der Waals surface area contributed by atoms with E-state index in [0.29, 0.717) is 12.2 Å². The second kappa shape index (κ2) is 5.34. The molecule has 0 aliphatic carbocycles. The minimum Gasteiger partial charge on any atom is -0.467 e. The Kier molecular flexibility index (Phi) is 4.48. The molecule has 0 saturated carbocycles. The first-order valence-electron chi connectivity index (χ1n) is 5.88. The van der Waals surface area contributed by atoms with E-state index in [0.717, 1.165) is 6.41 Å². The molecule has 1 aliphatic rings. The summed E-state index contributed by atoms with van der Waals surface area (Å²) in [5.74, 6) is 0.181. The van der Waals surface area contributed by atoms with Crippen LogP contribution in [0.3, 0.4) is 0 Å². The van der Waals surface area contributed by atoms with Crippen LogP contribution in [0.15, 0.2) is 12.7 Å². The Morgan fingerprint density at radius 2 is 2.22 bits per heavy atom. The van der Waals surface area contributed by atoms with Crippen molar-refractivity contribution < 1.29 is 14.3 Å². The van der Waals surface area contributed by atoms with Crippen LogP contribution >= 0.6 is 11.8 Å². The van der Waals surface area contributed by atoms with E-state index in [1.54, 1.807) is 22.7 Å². The number of esters is 1. The highest BCUT2D eigenvalue weighted by Crippen LogP contribution is 2.46. The molecule has 18 heavy (non-hydrogen) atoms. The third-order valence-corrected chi connectivity index (χ3v) is 5.02. The maximum atomic E-state index is 12.1. The Morgan fingerprint density at radius 1 is 1.61 bits per heavy atom. The normalized spacial score (nSPS) is 28.0. The number of rotatable bonds is 4. The summed E-state index contributed by atoms with van der Waals surface area (Å²) < 4.78 is 4.88. The number of methoxy groups -OCH3 is 1. The minimum atomic E-state index is -0.902. The zero-order valence-corrected chi connectivity index (χ0v) is 12.3. The van der Waals surface area contributed by atoms with E-state index < -0.39 is 5.54 Å². The molecule has 0 N–H and O–H groups in total. The third-order valence-electron chi connectivity index (χ3n) is 3.13. The highest BCUT2D eigenvalue weighted by Gasteiger charge is 2.54. The molecule has 5 heteroatoms. The maximum Gasteiger partial charge on any atom is 0.333 e. The lowest BCUT2D eigenvalue weighted by molar-refractivity contribution is -0.157. The first-order chi connectivity index (χ1) is 8.33. The van der Waals surface area contributed by atoms with Crippen LogP contribution < -0.4 is 0 Å². The largest absolute Gasteiger partial charge is 0.467 e. The second-order valence-electron chi connectivity index (χ2n) is 5.56. The Hall–Kier alpha value is -0.970. The molecule has 0 unspecified atom stereocenters. The van der Waals surface area contributed by atoms with Crippen LogP contribution in [-0.4, -0.2) is 41.1 Å². The van der Waals surface area contributed by atoms with Crippen molar-refractivity contribution >= 4 is 24.1 Å². The highest BCUT2D eigenvalue weighted by atomic mass is 32.2. The van der Waals surface area contributed by atoms with Crippen molar-refractivity contribution in [2.24, 2.45) is 5.41 Å². The summed E-state index contributed by atoms with van der Waals surface area (Å²) >= 11 is 1.62. The molecule has 4 nitrogen and oxygen atoms in total. The fourth-order valence-electron chi connectivity index (χ4n) is 2.26. The molecule has 2 atom stereocenters. The summed E-state index contributed by atoms with van der Waals surface area (Å²) in [6.07, 6.45) is 2.84. The van der Waals surface area contributed by atoms with Gasteiger partial charge in [-0.3, -0.25) is 4.79 Å². The topological polar surface area (TPSA) is 46.6 Å². The first-order valence-corrected chi connectivity index (χ1v) is 6.93. The summed E-state index contributed by atoms with van der Waals surface area (Å²) in [6, 6.07) is 0. The standard InChI is InChI=1S/C13H21NO3S/c1-6-7-13(11(16)17-5)8-18-10(12(2,3)4)14(13)9-15/h6,9-10H,1,7-8H2,2-5H3/t10-,13+/m1/s1. The lowest BCUT2D eigenvalue weighted by Gasteiger charge is -2.39. The quantitative estimate of drug-likeness (QED) is 0.446. The molecule has 0 spiro atoms. The van der Waals surface area contributed by atoms with Crippen molar-refractivity contribution in [2.75, 3.05) is 12.9 Å². The lowest BCUT2D eigenvalue weighted by atomic mass is 9.90. The molecule has 1 rings (SSSR count). The number of nitrogens with zero attached hydrogens (tertiary/aromatic N) is 1. The van der Waals surface area contributed by atoms with E-state index in [2.05, 4.69) is 27.4 Å². The summed E-state index contributed by atoms with van der Waals surface area (Å²) in [6.45, 7) is 9.86. The number of carbonyl (C=O) groups is 2. The monoisotopic (exact) mass is 271 g/mol. The molecule has 0 aromatic carbocycles. The van der Waals surface area contributed by atoms with Crippen molar-refractivity contribution in [2.45, 2.75) is 38.1 Å². The zero-order valence-electron chi connectivity index (χ0n) is 11.4. The van der Waals surface area contributed by atoms with Crippen LogP contribution in [0.5, 0.6) is 0 Å². The fourth-order valence-corrected chi connectivity index (χ4v) is 3.99. The van der Waals surface area contributed by atoms with Gasteiger partial charge in [0.2, 0.25) is 6.41 Å². The Bertz CT molecular complexity index is 351. The summed E-state index contributed by atoms with van der Waals surface area (Å²) in [7, 11) is 1.35. The lowest BCUT2D eigenvalue weighted by Crippen LogP contribution is -2.56. The molecule has 1 aliphatic heterocycles. The molecule has 1 fully saturated rings. The third kappa shape index (κ3) is 2.41. The van der Waals surface area contributed by atoms with Crippen LogP contribution in [0.25, 0.3) is 0 Å². The number of amides is 1. The average Bonchev–Trinajstić information content (AvgIpc) is 2.68. The Labute approximate surface area is 113 Å². The number of ether oxygens (including phenoxy) is 1. The van der Waals surface area contributed by atoms with Gasteiger partial charge in [0, 0.05) is 12.2 Å².